The van der Waals surface area contributed by atoms with Crippen molar-refractivity contribution < 1.29 is 9.90 Å². The van der Waals surface area contributed by atoms with E-state index in [9.17, 15) is 9.90 Å². The van der Waals surface area contributed by atoms with E-state index in [0.717, 1.165) is 16.3 Å². The summed E-state index contributed by atoms with van der Waals surface area (Å²) >= 11 is 1.50. The monoisotopic (exact) mass is 411 g/mol. The van der Waals surface area contributed by atoms with Crippen molar-refractivity contribution in [1.29, 1.82) is 0 Å². The highest BCUT2D eigenvalue weighted by atomic mass is 32.2. The molecule has 0 heterocycles. The first-order valence-corrected chi connectivity index (χ1v) is 10.3. The summed E-state index contributed by atoms with van der Waals surface area (Å²) in [5.74, 6) is -0.311. The van der Waals surface area contributed by atoms with Crippen LogP contribution in [-0.4, -0.2) is 23.0 Å². The Hall–Kier alpha value is -2.88. The molecular weight excluding hydrogens is 382 g/mol. The smallest absolute Gasteiger partial charge is 0.218 e. The fourth-order valence-electron chi connectivity index (χ4n) is 2.63. The quantitative estimate of drug-likeness (QED) is 0.393. The first-order valence-electron chi connectivity index (χ1n) is 9.47. The van der Waals surface area contributed by atoms with Gasteiger partial charge in [0.1, 0.15) is 5.70 Å². The van der Waals surface area contributed by atoms with Crippen LogP contribution in [-0.2, 0) is 4.79 Å². The highest BCUT2D eigenvalue weighted by molar-refractivity contribution is 8.00. The molecule has 0 amide bonds. The highest BCUT2D eigenvalue weighted by Gasteiger charge is 2.49. The van der Waals surface area contributed by atoms with Gasteiger partial charge in [-0.2, -0.15) is 0 Å². The van der Waals surface area contributed by atoms with Crippen molar-refractivity contribution in [3.63, 3.8) is 0 Å². The summed E-state index contributed by atoms with van der Waals surface area (Å²) in [5.41, 5.74) is 1.13. The molecule has 0 aliphatic heterocycles. The van der Waals surface area contributed by atoms with Gasteiger partial charge in [-0.1, -0.05) is 44.2 Å². The van der Waals surface area contributed by atoms with Crippen LogP contribution in [0.15, 0.2) is 70.9 Å². The fourth-order valence-corrected chi connectivity index (χ4v) is 3.33. The average Bonchev–Trinajstić information content (AvgIpc) is 2.78. The van der Waals surface area contributed by atoms with E-state index in [1.807, 2.05) is 75.4 Å². The van der Waals surface area contributed by atoms with Gasteiger partial charge in [-0.15, -0.1) is 12.8 Å². The van der Waals surface area contributed by atoms with Crippen LogP contribution in [0, 0.1) is 12.8 Å². The molecule has 0 bridgehead atoms. The maximum atomic E-state index is 12.2. The molecule has 6 heteroatoms. The normalized spacial score (nSPS) is 17.0. The van der Waals surface area contributed by atoms with E-state index in [0.29, 0.717) is 17.9 Å². The zero-order valence-corrected chi connectivity index (χ0v) is 18.1. The Balaban J connectivity index is 0.000000989. The minimum absolute atomic E-state index is 0.311. The number of terminal acetylenes is 1. The second-order valence-electron chi connectivity index (χ2n) is 5.87. The van der Waals surface area contributed by atoms with E-state index < -0.39 is 5.60 Å². The number of aliphatic hydroxyl groups is 1. The zero-order valence-electron chi connectivity index (χ0n) is 17.3. The Kier molecular flexibility index (Phi) is 9.87. The molecule has 2 aromatic carbocycles. The molecule has 2 aromatic rings. The Morgan fingerprint density at radius 3 is 2.14 bits per heavy atom. The number of rotatable bonds is 7. The lowest BCUT2D eigenvalue weighted by Gasteiger charge is -2.37. The number of carbonyl (C=O) groups excluding carboxylic acids is 1. The van der Waals surface area contributed by atoms with Crippen LogP contribution in [0.2, 0.25) is 0 Å². The third-order valence-electron chi connectivity index (χ3n) is 3.97. The van der Waals surface area contributed by atoms with Crippen molar-refractivity contribution in [2.45, 2.75) is 38.2 Å². The van der Waals surface area contributed by atoms with Gasteiger partial charge in [-0.05, 0) is 50.1 Å². The molecule has 0 saturated heterocycles. The van der Waals surface area contributed by atoms with Crippen molar-refractivity contribution >= 4 is 29.1 Å². The van der Waals surface area contributed by atoms with Gasteiger partial charge in [0.2, 0.25) is 5.78 Å². The molecule has 0 spiro atoms. The molecule has 0 aromatic heterocycles. The van der Waals surface area contributed by atoms with Crippen LogP contribution in [0.1, 0.15) is 27.7 Å². The van der Waals surface area contributed by atoms with E-state index in [1.54, 1.807) is 0 Å². The summed E-state index contributed by atoms with van der Waals surface area (Å²) in [4.78, 5) is 13.3. The van der Waals surface area contributed by atoms with Crippen LogP contribution in [0.4, 0.5) is 11.4 Å². The summed E-state index contributed by atoms with van der Waals surface area (Å²) in [6, 6.07) is 17.6. The van der Waals surface area contributed by atoms with Crippen LogP contribution >= 0.6 is 11.9 Å². The number of likely N-dealkylation sites (N-methyl/N-ethyl adjacent to an activating group) is 1. The predicted octanol–water partition coefficient (Wildman–Crippen LogP) is 4.65. The predicted molar refractivity (Wildman–Crippen MR) is 124 cm³/mol. The van der Waals surface area contributed by atoms with E-state index in [4.69, 9.17) is 0 Å². The second kappa shape index (κ2) is 11.8. The Morgan fingerprint density at radius 2 is 1.55 bits per heavy atom. The van der Waals surface area contributed by atoms with Crippen molar-refractivity contribution in [2.75, 3.05) is 16.6 Å². The third kappa shape index (κ3) is 5.80. The Bertz CT molecular complexity index is 845. The molecule has 1 unspecified atom stereocenters. The summed E-state index contributed by atoms with van der Waals surface area (Å²) in [6.07, 6.45) is 8.00. The lowest BCUT2D eigenvalue weighted by Crippen LogP contribution is -2.55. The van der Waals surface area contributed by atoms with Gasteiger partial charge in [0.15, 0.2) is 5.60 Å². The standard InChI is InChI=1S/C19H21N3O2S.C2H6.C2H2/c1-3-20-17-16(18(23)19(17,2)24)21-14-11-7-8-12-15(14)22-25-13-9-5-4-6-10-13;2*1-2/h4-12,20-22,24H,3H2,1-2H3;1-2H3;1-2H. The summed E-state index contributed by atoms with van der Waals surface area (Å²) in [6.45, 7) is 8.07. The minimum atomic E-state index is -1.44. The van der Waals surface area contributed by atoms with E-state index in [1.165, 1.54) is 18.9 Å². The fraction of sp³-hybridized carbons (Fsp3) is 0.261. The topological polar surface area (TPSA) is 73.4 Å². The Labute approximate surface area is 178 Å². The number of carbonyl (C=O) groups is 1. The lowest BCUT2D eigenvalue weighted by molar-refractivity contribution is -0.132. The summed E-state index contributed by atoms with van der Waals surface area (Å²) in [7, 11) is 0. The first kappa shape index (κ1) is 24.2. The molecule has 0 radical (unpaired) electrons. The summed E-state index contributed by atoms with van der Waals surface area (Å²) < 4.78 is 3.30. The molecule has 1 aliphatic carbocycles. The first-order chi connectivity index (χ1) is 14.0. The van der Waals surface area contributed by atoms with E-state index in [2.05, 4.69) is 28.2 Å². The SMILES string of the molecule is C#C.CC.CCNC1=C(Nc2ccccc2NSc2ccccc2)C(=O)C1(C)O. The van der Waals surface area contributed by atoms with Gasteiger partial charge < -0.3 is 20.5 Å². The number of ketones is 1. The molecule has 0 fully saturated rings. The van der Waals surface area contributed by atoms with Gasteiger partial charge in [-0.3, -0.25) is 4.79 Å². The molecule has 1 atom stereocenters. The minimum Gasteiger partial charge on any atom is -0.384 e. The molecule has 4 N–H and O–H groups in total. The number of hydrogen-bond acceptors (Lipinski definition) is 6. The number of benzene rings is 2. The number of anilines is 2. The molecule has 5 nitrogen and oxygen atoms in total. The zero-order chi connectivity index (χ0) is 21.9. The number of nitrogens with one attached hydrogen (secondary N) is 3. The van der Waals surface area contributed by atoms with E-state index in [-0.39, 0.29) is 5.78 Å². The van der Waals surface area contributed by atoms with Crippen molar-refractivity contribution in [1.82, 2.24) is 5.32 Å². The van der Waals surface area contributed by atoms with Crippen molar-refractivity contribution in [3.05, 3.63) is 66.0 Å². The molecule has 0 saturated carbocycles. The second-order valence-corrected chi connectivity index (χ2v) is 6.75. The van der Waals surface area contributed by atoms with E-state index >= 15 is 0 Å². The van der Waals surface area contributed by atoms with Crippen LogP contribution in [0.3, 0.4) is 0 Å². The maximum Gasteiger partial charge on any atom is 0.218 e. The number of hydrogen-bond donors (Lipinski definition) is 4. The summed E-state index contributed by atoms with van der Waals surface area (Å²) in [5, 5.41) is 16.4. The Morgan fingerprint density at radius 1 is 1.00 bits per heavy atom. The maximum absolute atomic E-state index is 12.2. The molecule has 1 aliphatic rings. The van der Waals surface area contributed by atoms with Gasteiger partial charge in [0.25, 0.3) is 0 Å². The van der Waals surface area contributed by atoms with Crippen molar-refractivity contribution in [3.8, 4) is 12.8 Å². The third-order valence-corrected chi connectivity index (χ3v) is 4.80. The number of Topliss-reactive ketones (excluding diaryl/α,β-unsaturated/α-hetero) is 1. The average molecular weight is 412 g/mol. The van der Waals surface area contributed by atoms with Gasteiger partial charge in [-0.25, -0.2) is 0 Å². The van der Waals surface area contributed by atoms with Crippen LogP contribution in [0.25, 0.3) is 0 Å². The molecule has 154 valence electrons. The van der Waals surface area contributed by atoms with Crippen LogP contribution in [0.5, 0.6) is 0 Å². The van der Waals surface area contributed by atoms with Gasteiger partial charge >= 0.3 is 0 Å². The van der Waals surface area contributed by atoms with Gasteiger partial charge in [0.05, 0.1) is 17.1 Å². The van der Waals surface area contributed by atoms with Crippen molar-refractivity contribution in [2.24, 2.45) is 0 Å². The van der Waals surface area contributed by atoms with Crippen LogP contribution < -0.4 is 15.4 Å². The molecule has 29 heavy (non-hydrogen) atoms. The molecular formula is C23H29N3O2S. The largest absolute Gasteiger partial charge is 0.384 e. The lowest BCUT2D eigenvalue weighted by atomic mass is 9.81. The highest BCUT2D eigenvalue weighted by Crippen LogP contribution is 2.36. The van der Waals surface area contributed by atoms with Gasteiger partial charge in [0, 0.05) is 11.4 Å². The number of para-hydroxylation sites is 2. The molecule has 3 rings (SSSR count).